The van der Waals surface area contributed by atoms with Crippen molar-refractivity contribution in [1.82, 2.24) is 4.90 Å². The van der Waals surface area contributed by atoms with Crippen molar-refractivity contribution < 1.29 is 9.90 Å². The maximum absolute atomic E-state index is 12.5. The minimum Gasteiger partial charge on any atom is -0.393 e. The lowest BCUT2D eigenvalue weighted by Gasteiger charge is -2.22. The lowest BCUT2D eigenvalue weighted by molar-refractivity contribution is 0.0762. The van der Waals surface area contributed by atoms with Gasteiger partial charge in [-0.2, -0.15) is 0 Å². The highest BCUT2D eigenvalue weighted by Crippen LogP contribution is 2.22. The first-order valence-corrected chi connectivity index (χ1v) is 7.89. The molecule has 21 heavy (non-hydrogen) atoms. The second kappa shape index (κ2) is 6.94. The second-order valence-corrected chi connectivity index (χ2v) is 5.76. The Kier molecular flexibility index (Phi) is 5.23. The monoisotopic (exact) mass is 290 g/mol. The molecular weight excluding hydrogens is 264 g/mol. The summed E-state index contributed by atoms with van der Waals surface area (Å²) in [6.45, 7) is 9.39. The predicted octanol–water partition coefficient (Wildman–Crippen LogP) is 2.38. The number of carbonyl (C=O) groups is 1. The van der Waals surface area contributed by atoms with Crippen LogP contribution in [0.3, 0.4) is 0 Å². The Bertz CT molecular complexity index is 466. The number of aliphatic hydroxyl groups excluding tert-OH is 1. The molecule has 1 aliphatic heterocycles. The summed E-state index contributed by atoms with van der Waals surface area (Å²) in [5.41, 5.74) is 1.89. The molecular formula is C17H26N2O2. The molecule has 1 N–H and O–H groups in total. The molecule has 2 rings (SSSR count). The molecule has 0 radical (unpaired) electrons. The molecule has 4 heteroatoms. The number of benzene rings is 1. The minimum atomic E-state index is -0.340. The summed E-state index contributed by atoms with van der Waals surface area (Å²) in [7, 11) is 0. The van der Waals surface area contributed by atoms with Crippen molar-refractivity contribution >= 4 is 11.6 Å². The van der Waals surface area contributed by atoms with Gasteiger partial charge in [0.1, 0.15) is 0 Å². The van der Waals surface area contributed by atoms with Gasteiger partial charge < -0.3 is 14.9 Å². The molecule has 1 aromatic carbocycles. The third-order valence-electron chi connectivity index (χ3n) is 4.44. The smallest absolute Gasteiger partial charge is 0.253 e. The summed E-state index contributed by atoms with van der Waals surface area (Å²) in [6.07, 6.45) is 0.550. The molecule has 4 nitrogen and oxygen atoms in total. The number of carbonyl (C=O) groups excluding carboxylic acids is 1. The van der Waals surface area contributed by atoms with Crippen LogP contribution in [0.4, 0.5) is 5.69 Å². The number of anilines is 1. The summed E-state index contributed by atoms with van der Waals surface area (Å²) in [5.74, 6) is 0.285. The Labute approximate surface area is 127 Å². The van der Waals surface area contributed by atoms with E-state index in [0.29, 0.717) is 6.54 Å². The fourth-order valence-corrected chi connectivity index (χ4v) is 2.95. The van der Waals surface area contributed by atoms with Gasteiger partial charge in [-0.3, -0.25) is 4.79 Å². The predicted molar refractivity (Wildman–Crippen MR) is 85.7 cm³/mol. The average Bonchev–Trinajstić information content (AvgIpc) is 2.98. The van der Waals surface area contributed by atoms with Crippen molar-refractivity contribution in [2.75, 3.05) is 31.1 Å². The molecule has 1 saturated heterocycles. The van der Waals surface area contributed by atoms with Gasteiger partial charge in [0.05, 0.1) is 6.10 Å². The van der Waals surface area contributed by atoms with Gasteiger partial charge >= 0.3 is 0 Å². The van der Waals surface area contributed by atoms with Crippen molar-refractivity contribution in [2.24, 2.45) is 5.92 Å². The Morgan fingerprint density at radius 3 is 2.43 bits per heavy atom. The third-order valence-corrected chi connectivity index (χ3v) is 4.44. The van der Waals surface area contributed by atoms with E-state index in [1.165, 1.54) is 0 Å². The van der Waals surface area contributed by atoms with Crippen LogP contribution >= 0.6 is 0 Å². The zero-order valence-corrected chi connectivity index (χ0v) is 13.2. The van der Waals surface area contributed by atoms with Crippen molar-refractivity contribution in [3.8, 4) is 0 Å². The van der Waals surface area contributed by atoms with Crippen LogP contribution in [0.1, 0.15) is 37.6 Å². The molecule has 2 atom stereocenters. The lowest BCUT2D eigenvalue weighted by atomic mass is 10.0. The summed E-state index contributed by atoms with van der Waals surface area (Å²) in [6, 6.07) is 7.85. The Balaban J connectivity index is 2.04. The van der Waals surface area contributed by atoms with Gasteiger partial charge in [-0.05, 0) is 51.5 Å². The van der Waals surface area contributed by atoms with E-state index in [9.17, 15) is 9.90 Å². The van der Waals surface area contributed by atoms with E-state index in [0.717, 1.165) is 37.3 Å². The molecule has 0 aliphatic carbocycles. The van der Waals surface area contributed by atoms with Crippen LogP contribution in [0.2, 0.25) is 0 Å². The zero-order chi connectivity index (χ0) is 15.4. The Morgan fingerprint density at radius 1 is 1.33 bits per heavy atom. The van der Waals surface area contributed by atoms with Crippen molar-refractivity contribution in [2.45, 2.75) is 33.3 Å². The van der Waals surface area contributed by atoms with Gasteiger partial charge in [-0.15, -0.1) is 0 Å². The minimum absolute atomic E-state index is 0.0734. The molecule has 1 heterocycles. The SMILES string of the molecule is CCN(CC)c1ccc(C(=O)N2CCC(C(C)O)C2)cc1. The van der Waals surface area contributed by atoms with Crippen LogP contribution in [-0.4, -0.2) is 48.2 Å². The highest BCUT2D eigenvalue weighted by molar-refractivity contribution is 5.94. The number of nitrogens with zero attached hydrogens (tertiary/aromatic N) is 2. The summed E-state index contributed by atoms with van der Waals surface area (Å²) in [5, 5.41) is 9.63. The molecule has 1 amide bonds. The van der Waals surface area contributed by atoms with Crippen molar-refractivity contribution in [3.63, 3.8) is 0 Å². The Hall–Kier alpha value is -1.55. The fourth-order valence-electron chi connectivity index (χ4n) is 2.95. The van der Waals surface area contributed by atoms with E-state index in [1.807, 2.05) is 29.2 Å². The zero-order valence-electron chi connectivity index (χ0n) is 13.2. The molecule has 0 bridgehead atoms. The largest absolute Gasteiger partial charge is 0.393 e. The van der Waals surface area contributed by atoms with E-state index >= 15 is 0 Å². The number of aliphatic hydroxyl groups is 1. The van der Waals surface area contributed by atoms with Gasteiger partial charge in [0, 0.05) is 43.3 Å². The number of amides is 1. The van der Waals surface area contributed by atoms with Crippen LogP contribution in [0.25, 0.3) is 0 Å². The van der Waals surface area contributed by atoms with E-state index in [4.69, 9.17) is 0 Å². The molecule has 116 valence electrons. The van der Waals surface area contributed by atoms with Crippen LogP contribution in [-0.2, 0) is 0 Å². The molecule has 0 aromatic heterocycles. The van der Waals surface area contributed by atoms with Gasteiger partial charge in [-0.25, -0.2) is 0 Å². The van der Waals surface area contributed by atoms with Crippen molar-refractivity contribution in [3.05, 3.63) is 29.8 Å². The second-order valence-electron chi connectivity index (χ2n) is 5.76. The summed E-state index contributed by atoms with van der Waals surface area (Å²) < 4.78 is 0. The van der Waals surface area contributed by atoms with Gasteiger partial charge in [0.25, 0.3) is 5.91 Å². The van der Waals surface area contributed by atoms with E-state index in [1.54, 1.807) is 6.92 Å². The molecule has 1 fully saturated rings. The third kappa shape index (κ3) is 3.56. The standard InChI is InChI=1S/C17H26N2O2/c1-4-18(5-2)16-8-6-14(7-9-16)17(21)19-11-10-15(12-19)13(3)20/h6-9,13,15,20H,4-5,10-12H2,1-3H3. The van der Waals surface area contributed by atoms with Gasteiger partial charge in [-0.1, -0.05) is 0 Å². The normalized spacial score (nSPS) is 19.6. The fraction of sp³-hybridized carbons (Fsp3) is 0.588. The van der Waals surface area contributed by atoms with E-state index in [-0.39, 0.29) is 17.9 Å². The maximum Gasteiger partial charge on any atom is 0.253 e. The topological polar surface area (TPSA) is 43.8 Å². The number of hydrogen-bond donors (Lipinski definition) is 1. The van der Waals surface area contributed by atoms with Gasteiger partial charge in [0.15, 0.2) is 0 Å². The number of rotatable bonds is 5. The van der Waals surface area contributed by atoms with Crippen LogP contribution in [0, 0.1) is 5.92 Å². The molecule has 2 unspecified atom stereocenters. The van der Waals surface area contributed by atoms with E-state index in [2.05, 4.69) is 18.7 Å². The highest BCUT2D eigenvalue weighted by atomic mass is 16.3. The van der Waals surface area contributed by atoms with Crippen molar-refractivity contribution in [1.29, 1.82) is 0 Å². The molecule has 1 aromatic rings. The van der Waals surface area contributed by atoms with E-state index < -0.39 is 0 Å². The molecule has 1 aliphatic rings. The quantitative estimate of drug-likeness (QED) is 0.905. The van der Waals surface area contributed by atoms with Gasteiger partial charge in [0.2, 0.25) is 0 Å². The maximum atomic E-state index is 12.5. The first-order chi connectivity index (χ1) is 10.1. The van der Waals surface area contributed by atoms with Crippen LogP contribution in [0.5, 0.6) is 0 Å². The molecule has 0 saturated carbocycles. The average molecular weight is 290 g/mol. The first-order valence-electron chi connectivity index (χ1n) is 7.89. The Morgan fingerprint density at radius 2 is 1.95 bits per heavy atom. The highest BCUT2D eigenvalue weighted by Gasteiger charge is 2.29. The lowest BCUT2D eigenvalue weighted by Crippen LogP contribution is -2.30. The molecule has 0 spiro atoms. The number of likely N-dealkylation sites (tertiary alicyclic amines) is 1. The number of hydrogen-bond acceptors (Lipinski definition) is 3. The van der Waals surface area contributed by atoms with Crippen LogP contribution in [0.15, 0.2) is 24.3 Å². The summed E-state index contributed by atoms with van der Waals surface area (Å²) >= 11 is 0. The van der Waals surface area contributed by atoms with Crippen LogP contribution < -0.4 is 4.90 Å². The first kappa shape index (κ1) is 15.8. The summed E-state index contributed by atoms with van der Waals surface area (Å²) in [4.78, 5) is 16.6.